The number of nitrogens with zero attached hydrogens (tertiary/aromatic N) is 1. The van der Waals surface area contributed by atoms with Crippen molar-refractivity contribution in [2.45, 2.75) is 66.4 Å². The molecule has 0 fully saturated rings. The molecule has 178 valence electrons. The summed E-state index contributed by atoms with van der Waals surface area (Å²) in [6.45, 7) is 19.3. The fourth-order valence-corrected chi connectivity index (χ4v) is 2.88. The van der Waals surface area contributed by atoms with Crippen LogP contribution in [0, 0.1) is 23.2 Å². The number of benzene rings is 1. The molecule has 2 atom stereocenters. The first-order valence-electron chi connectivity index (χ1n) is 10.9. The number of nitrogens with one attached hydrogen (secondary N) is 1. The quantitative estimate of drug-likeness (QED) is 0.327. The number of carbonyl (C=O) groups excluding carboxylic acids is 2. The van der Waals surface area contributed by atoms with Crippen molar-refractivity contribution in [1.82, 2.24) is 0 Å². The van der Waals surface area contributed by atoms with Gasteiger partial charge >= 0.3 is 12.1 Å². The normalized spacial score (nSPS) is 12.2. The number of ether oxygens (including phenoxy) is 2. The van der Waals surface area contributed by atoms with E-state index in [0.29, 0.717) is 24.6 Å². The highest BCUT2D eigenvalue weighted by atomic mass is 16.6. The number of nitriles is 1. The first-order valence-corrected chi connectivity index (χ1v) is 10.9. The van der Waals surface area contributed by atoms with E-state index in [-0.39, 0.29) is 13.3 Å². The minimum Gasteiger partial charge on any atom is -0.466 e. The van der Waals surface area contributed by atoms with Crippen molar-refractivity contribution in [3.8, 4) is 6.07 Å². The Labute approximate surface area is 194 Å². The molecule has 6 nitrogen and oxygen atoms in total. The molecular weight excluding hydrogens is 404 g/mol. The number of carbonyl (C=O) groups is 2. The van der Waals surface area contributed by atoms with Crippen LogP contribution >= 0.6 is 0 Å². The molecule has 0 aliphatic carbocycles. The third-order valence-electron chi connectivity index (χ3n) is 4.56. The molecule has 1 rings (SSSR count). The third kappa shape index (κ3) is 12.6. The Hall–Kier alpha value is -3.07. The maximum Gasteiger partial charge on any atom is 0.412 e. The lowest BCUT2D eigenvalue weighted by Crippen LogP contribution is -2.27. The summed E-state index contributed by atoms with van der Waals surface area (Å²) in [6.07, 6.45) is 2.88. The monoisotopic (exact) mass is 444 g/mol. The standard InChI is InChI=1S/C23H35NO4.C3H3N.H2/c1-8-16(3)13-19(15-21(25)27-9-2)17(4)18-11-10-12-20(14-18)24-22(26)28-23(5,6)7;1-2-3-4;/h10-12,14,16,19H,4,8-9,13,15H2,1-3,5-7H3,(H,24,26);2H,1H2;1H/t16?,19-;;/m0../s1. The van der Waals surface area contributed by atoms with Crippen molar-refractivity contribution in [3.05, 3.63) is 49.1 Å². The van der Waals surface area contributed by atoms with Crippen LogP contribution in [0.25, 0.3) is 5.57 Å². The Kier molecular flexibility index (Phi) is 13.4. The molecule has 1 amide bonds. The smallest absolute Gasteiger partial charge is 0.412 e. The molecular formula is C26H40N2O4. The van der Waals surface area contributed by atoms with E-state index in [9.17, 15) is 9.59 Å². The summed E-state index contributed by atoms with van der Waals surface area (Å²) in [4.78, 5) is 24.1. The van der Waals surface area contributed by atoms with Crippen LogP contribution in [-0.2, 0) is 14.3 Å². The average Bonchev–Trinajstić information content (AvgIpc) is 2.71. The maximum absolute atomic E-state index is 12.1. The molecule has 0 aromatic heterocycles. The predicted octanol–water partition coefficient (Wildman–Crippen LogP) is 6.99. The summed E-state index contributed by atoms with van der Waals surface area (Å²) >= 11 is 0. The zero-order valence-corrected chi connectivity index (χ0v) is 20.4. The van der Waals surface area contributed by atoms with Gasteiger partial charge in [0.05, 0.1) is 19.1 Å². The highest BCUT2D eigenvalue weighted by Gasteiger charge is 2.22. The Morgan fingerprint density at radius 2 is 1.94 bits per heavy atom. The molecule has 0 spiro atoms. The lowest BCUT2D eigenvalue weighted by Gasteiger charge is -2.23. The SMILES string of the molecule is C=C(c1cccc(NC(=O)OC(C)(C)C)c1)[C@H](CC(=O)OCC)CC(C)CC.C=CC#N.[HH]. The maximum atomic E-state index is 12.1. The summed E-state index contributed by atoms with van der Waals surface area (Å²) in [5.41, 5.74) is 1.84. The number of rotatable bonds is 9. The molecule has 1 aromatic carbocycles. The first kappa shape index (κ1) is 28.9. The van der Waals surface area contributed by atoms with Gasteiger partial charge in [0.1, 0.15) is 5.60 Å². The number of hydrogen-bond acceptors (Lipinski definition) is 5. The summed E-state index contributed by atoms with van der Waals surface area (Å²) in [5, 5.41) is 10.3. The van der Waals surface area contributed by atoms with Gasteiger partial charge in [-0.15, -0.1) is 0 Å². The molecule has 32 heavy (non-hydrogen) atoms. The van der Waals surface area contributed by atoms with Gasteiger partial charge in [0, 0.05) is 13.2 Å². The first-order chi connectivity index (χ1) is 15.0. The van der Waals surface area contributed by atoms with Crippen LogP contribution in [0.5, 0.6) is 0 Å². The number of hydrogen-bond donors (Lipinski definition) is 1. The Morgan fingerprint density at radius 1 is 1.31 bits per heavy atom. The molecule has 0 saturated carbocycles. The molecule has 0 saturated heterocycles. The largest absolute Gasteiger partial charge is 0.466 e. The lowest BCUT2D eigenvalue weighted by molar-refractivity contribution is -0.143. The van der Waals surface area contributed by atoms with Crippen LogP contribution in [0.2, 0.25) is 0 Å². The van der Waals surface area contributed by atoms with Gasteiger partial charge in [-0.3, -0.25) is 10.1 Å². The second-order valence-electron chi connectivity index (χ2n) is 8.52. The molecule has 0 heterocycles. The summed E-state index contributed by atoms with van der Waals surface area (Å²) in [7, 11) is 0. The van der Waals surface area contributed by atoms with Crippen LogP contribution in [-0.4, -0.2) is 24.3 Å². The molecule has 1 N–H and O–H groups in total. The zero-order valence-electron chi connectivity index (χ0n) is 20.4. The minimum absolute atomic E-state index is 0. The van der Waals surface area contributed by atoms with Crippen molar-refractivity contribution in [1.29, 1.82) is 5.26 Å². The fourth-order valence-electron chi connectivity index (χ4n) is 2.88. The van der Waals surface area contributed by atoms with Gasteiger partial charge in [-0.25, -0.2) is 4.79 Å². The summed E-state index contributed by atoms with van der Waals surface area (Å²) in [5.74, 6) is 0.255. The van der Waals surface area contributed by atoms with Crippen molar-refractivity contribution in [2.24, 2.45) is 11.8 Å². The molecule has 6 heteroatoms. The van der Waals surface area contributed by atoms with Crippen LogP contribution in [0.1, 0.15) is 67.8 Å². The van der Waals surface area contributed by atoms with E-state index < -0.39 is 11.7 Å². The van der Waals surface area contributed by atoms with Gasteiger partial charge in [-0.2, -0.15) is 5.26 Å². The van der Waals surface area contributed by atoms with Gasteiger partial charge in [0.25, 0.3) is 0 Å². The minimum atomic E-state index is -0.563. The number of esters is 1. The second-order valence-corrected chi connectivity index (χ2v) is 8.52. The van der Waals surface area contributed by atoms with E-state index >= 15 is 0 Å². The highest BCUT2D eigenvalue weighted by Crippen LogP contribution is 2.32. The highest BCUT2D eigenvalue weighted by molar-refractivity contribution is 5.86. The average molecular weight is 445 g/mol. The van der Waals surface area contributed by atoms with E-state index in [1.165, 1.54) is 6.08 Å². The molecule has 0 radical (unpaired) electrons. The van der Waals surface area contributed by atoms with Crippen molar-refractivity contribution >= 4 is 23.3 Å². The van der Waals surface area contributed by atoms with E-state index in [2.05, 4.69) is 32.3 Å². The van der Waals surface area contributed by atoms with Gasteiger partial charge in [0.15, 0.2) is 0 Å². The fraction of sp³-hybridized carbons (Fsp3) is 0.500. The van der Waals surface area contributed by atoms with Gasteiger partial charge in [0.2, 0.25) is 0 Å². The summed E-state index contributed by atoms with van der Waals surface area (Å²) in [6, 6.07) is 9.16. The Balaban J connectivity index is 0. The molecule has 1 aromatic rings. The Bertz CT molecular complexity index is 809. The lowest BCUT2D eigenvalue weighted by atomic mass is 9.83. The number of allylic oxidation sites excluding steroid dienone is 2. The summed E-state index contributed by atoms with van der Waals surface area (Å²) < 4.78 is 10.4. The molecule has 0 bridgehead atoms. The Morgan fingerprint density at radius 3 is 2.44 bits per heavy atom. The number of anilines is 1. The molecule has 0 aliphatic rings. The van der Waals surface area contributed by atoms with Gasteiger partial charge in [-0.05, 0) is 69.2 Å². The van der Waals surface area contributed by atoms with Crippen molar-refractivity contribution in [2.75, 3.05) is 11.9 Å². The zero-order chi connectivity index (χ0) is 24.7. The molecule has 0 aliphatic heterocycles. The second kappa shape index (κ2) is 14.9. The topological polar surface area (TPSA) is 88.4 Å². The van der Waals surface area contributed by atoms with Gasteiger partial charge < -0.3 is 9.47 Å². The van der Waals surface area contributed by atoms with E-state index in [0.717, 1.165) is 24.0 Å². The van der Waals surface area contributed by atoms with E-state index in [4.69, 9.17) is 14.7 Å². The van der Waals surface area contributed by atoms with Crippen LogP contribution < -0.4 is 5.32 Å². The number of amides is 1. The predicted molar refractivity (Wildman–Crippen MR) is 132 cm³/mol. The third-order valence-corrected chi connectivity index (χ3v) is 4.56. The van der Waals surface area contributed by atoms with Gasteiger partial charge in [-0.1, -0.05) is 45.6 Å². The van der Waals surface area contributed by atoms with Crippen LogP contribution in [0.4, 0.5) is 10.5 Å². The van der Waals surface area contributed by atoms with Crippen LogP contribution in [0.15, 0.2) is 43.5 Å². The van der Waals surface area contributed by atoms with E-state index in [1.807, 2.05) is 45.9 Å². The van der Waals surface area contributed by atoms with Crippen LogP contribution in [0.3, 0.4) is 0 Å². The molecule has 1 unspecified atom stereocenters. The van der Waals surface area contributed by atoms with E-state index in [1.54, 1.807) is 12.1 Å². The van der Waals surface area contributed by atoms with Crippen molar-refractivity contribution < 1.29 is 20.5 Å². The van der Waals surface area contributed by atoms with Crippen molar-refractivity contribution in [3.63, 3.8) is 0 Å².